The summed E-state index contributed by atoms with van der Waals surface area (Å²) in [4.78, 5) is 0. The molecule has 0 aliphatic carbocycles. The first-order valence-electron chi connectivity index (χ1n) is 4.01. The predicted molar refractivity (Wildman–Crippen MR) is 43.3 cm³/mol. The van der Waals surface area contributed by atoms with E-state index in [0.717, 1.165) is 0 Å². The van der Waals surface area contributed by atoms with Crippen LogP contribution in [0.3, 0.4) is 0 Å². The third kappa shape index (κ3) is 1.33. The van der Waals surface area contributed by atoms with E-state index in [9.17, 15) is 4.39 Å². The Hall–Kier alpha value is -1.29. The quantitative estimate of drug-likeness (QED) is 0.747. The SMILES string of the molecule is OCCc1ccc2c(c1F)OCO2. The third-order valence-electron chi connectivity index (χ3n) is 1.94. The Morgan fingerprint density at radius 2 is 2.23 bits per heavy atom. The molecule has 1 N–H and O–H groups in total. The van der Waals surface area contributed by atoms with E-state index in [2.05, 4.69) is 0 Å². The van der Waals surface area contributed by atoms with Crippen LogP contribution in [-0.2, 0) is 6.42 Å². The Morgan fingerprint density at radius 3 is 3.00 bits per heavy atom. The van der Waals surface area contributed by atoms with Crippen molar-refractivity contribution in [3.05, 3.63) is 23.5 Å². The summed E-state index contributed by atoms with van der Waals surface area (Å²) in [6, 6.07) is 3.25. The number of hydrogen-bond acceptors (Lipinski definition) is 3. The van der Waals surface area contributed by atoms with E-state index in [1.165, 1.54) is 0 Å². The Kier molecular flexibility index (Phi) is 2.06. The van der Waals surface area contributed by atoms with Crippen LogP contribution in [0.1, 0.15) is 5.56 Å². The van der Waals surface area contributed by atoms with Crippen LogP contribution in [0.25, 0.3) is 0 Å². The van der Waals surface area contributed by atoms with Gasteiger partial charge < -0.3 is 14.6 Å². The maximum absolute atomic E-state index is 13.4. The molecule has 13 heavy (non-hydrogen) atoms. The molecule has 0 radical (unpaired) electrons. The standard InChI is InChI=1S/C9H9FO3/c10-8-6(3-4-11)1-2-7-9(8)13-5-12-7/h1-2,11H,3-5H2. The van der Waals surface area contributed by atoms with Crippen LogP contribution >= 0.6 is 0 Å². The third-order valence-corrected chi connectivity index (χ3v) is 1.94. The average molecular weight is 184 g/mol. The van der Waals surface area contributed by atoms with E-state index in [1.807, 2.05) is 0 Å². The number of aliphatic hydroxyl groups excluding tert-OH is 1. The minimum atomic E-state index is -0.427. The van der Waals surface area contributed by atoms with Crippen LogP contribution in [0.2, 0.25) is 0 Å². The average Bonchev–Trinajstić information content (AvgIpc) is 2.58. The number of aliphatic hydroxyl groups is 1. The van der Waals surface area contributed by atoms with Gasteiger partial charge in [-0.1, -0.05) is 6.07 Å². The van der Waals surface area contributed by atoms with Crippen molar-refractivity contribution >= 4 is 0 Å². The van der Waals surface area contributed by atoms with E-state index in [4.69, 9.17) is 14.6 Å². The minimum Gasteiger partial charge on any atom is -0.453 e. The maximum Gasteiger partial charge on any atom is 0.231 e. The van der Waals surface area contributed by atoms with Crippen LogP contribution in [0.15, 0.2) is 12.1 Å². The summed E-state index contributed by atoms with van der Waals surface area (Å²) in [7, 11) is 0. The second kappa shape index (κ2) is 3.22. The van der Waals surface area contributed by atoms with Gasteiger partial charge in [0.05, 0.1) is 0 Å². The van der Waals surface area contributed by atoms with Crippen LogP contribution in [0, 0.1) is 5.82 Å². The van der Waals surface area contributed by atoms with E-state index < -0.39 is 5.82 Å². The molecule has 0 saturated heterocycles. The molecule has 0 aromatic heterocycles. The van der Waals surface area contributed by atoms with Crippen molar-refractivity contribution in [2.24, 2.45) is 0 Å². The van der Waals surface area contributed by atoms with Crippen molar-refractivity contribution in [3.8, 4) is 11.5 Å². The van der Waals surface area contributed by atoms with Gasteiger partial charge in [0.2, 0.25) is 12.5 Å². The molecule has 1 aromatic carbocycles. The van der Waals surface area contributed by atoms with Gasteiger partial charge in [0, 0.05) is 6.61 Å². The van der Waals surface area contributed by atoms with Crippen LogP contribution in [0.4, 0.5) is 4.39 Å². The number of benzene rings is 1. The first kappa shape index (κ1) is 8.31. The topological polar surface area (TPSA) is 38.7 Å². The molecule has 0 atom stereocenters. The lowest BCUT2D eigenvalue weighted by molar-refractivity contribution is 0.170. The molecule has 1 aromatic rings. The molecule has 70 valence electrons. The van der Waals surface area contributed by atoms with Gasteiger partial charge in [-0.2, -0.15) is 0 Å². The molecule has 1 heterocycles. The van der Waals surface area contributed by atoms with Crippen molar-refractivity contribution in [1.29, 1.82) is 0 Å². The van der Waals surface area contributed by atoms with Gasteiger partial charge in [-0.3, -0.25) is 0 Å². The van der Waals surface area contributed by atoms with Gasteiger partial charge >= 0.3 is 0 Å². The molecule has 4 heteroatoms. The summed E-state index contributed by atoms with van der Waals surface area (Å²) < 4.78 is 23.4. The first-order chi connectivity index (χ1) is 6.33. The first-order valence-corrected chi connectivity index (χ1v) is 4.01. The van der Waals surface area contributed by atoms with Crippen molar-refractivity contribution in [2.45, 2.75) is 6.42 Å². The zero-order valence-corrected chi connectivity index (χ0v) is 6.92. The van der Waals surface area contributed by atoms with Gasteiger partial charge in [-0.25, -0.2) is 4.39 Å². The van der Waals surface area contributed by atoms with Crippen LogP contribution in [-0.4, -0.2) is 18.5 Å². The lowest BCUT2D eigenvalue weighted by Crippen LogP contribution is -1.96. The van der Waals surface area contributed by atoms with E-state index in [-0.39, 0.29) is 19.1 Å². The van der Waals surface area contributed by atoms with Gasteiger partial charge in [0.25, 0.3) is 0 Å². The minimum absolute atomic E-state index is 0.0643. The van der Waals surface area contributed by atoms with E-state index in [1.54, 1.807) is 12.1 Å². The molecule has 0 spiro atoms. The fourth-order valence-corrected chi connectivity index (χ4v) is 1.29. The Bertz CT molecular complexity index is 325. The fraction of sp³-hybridized carbons (Fsp3) is 0.333. The summed E-state index contributed by atoms with van der Waals surface area (Å²) in [5.74, 6) is 0.161. The molecule has 1 aliphatic rings. The zero-order chi connectivity index (χ0) is 9.26. The van der Waals surface area contributed by atoms with Gasteiger partial charge in [0.1, 0.15) is 0 Å². The second-order valence-electron chi connectivity index (χ2n) is 2.75. The fourth-order valence-electron chi connectivity index (χ4n) is 1.29. The van der Waals surface area contributed by atoms with Gasteiger partial charge in [-0.05, 0) is 18.1 Å². The highest BCUT2D eigenvalue weighted by Crippen LogP contribution is 2.36. The monoisotopic (exact) mass is 184 g/mol. The smallest absolute Gasteiger partial charge is 0.231 e. The number of ether oxygens (including phenoxy) is 2. The highest BCUT2D eigenvalue weighted by molar-refractivity contribution is 5.46. The number of hydrogen-bond donors (Lipinski definition) is 1. The number of fused-ring (bicyclic) bond motifs is 1. The second-order valence-corrected chi connectivity index (χ2v) is 2.75. The van der Waals surface area contributed by atoms with E-state index >= 15 is 0 Å². The Morgan fingerprint density at radius 1 is 1.38 bits per heavy atom. The normalized spacial score (nSPS) is 13.4. The van der Waals surface area contributed by atoms with Crippen molar-refractivity contribution in [2.75, 3.05) is 13.4 Å². The summed E-state index contributed by atoms with van der Waals surface area (Å²) in [6.07, 6.45) is 0.294. The highest BCUT2D eigenvalue weighted by atomic mass is 19.1. The lowest BCUT2D eigenvalue weighted by Gasteiger charge is -2.03. The molecule has 0 amide bonds. The molecule has 1 aliphatic heterocycles. The van der Waals surface area contributed by atoms with Crippen molar-refractivity contribution in [3.63, 3.8) is 0 Å². The molecule has 0 fully saturated rings. The predicted octanol–water partition coefficient (Wildman–Crippen LogP) is 1.09. The molecule has 2 rings (SSSR count). The molecule has 0 saturated carbocycles. The lowest BCUT2D eigenvalue weighted by atomic mass is 10.1. The summed E-state index contributed by atoms with van der Waals surface area (Å²) in [5.41, 5.74) is 0.451. The molecule has 0 unspecified atom stereocenters. The number of rotatable bonds is 2. The van der Waals surface area contributed by atoms with Crippen LogP contribution < -0.4 is 9.47 Å². The van der Waals surface area contributed by atoms with E-state index in [0.29, 0.717) is 17.7 Å². The largest absolute Gasteiger partial charge is 0.453 e. The molecule has 0 bridgehead atoms. The molecular formula is C9H9FO3. The van der Waals surface area contributed by atoms with Crippen LogP contribution in [0.5, 0.6) is 11.5 Å². The van der Waals surface area contributed by atoms with Gasteiger partial charge in [0.15, 0.2) is 11.6 Å². The molecular weight excluding hydrogens is 175 g/mol. The summed E-state index contributed by atoms with van der Waals surface area (Å²) >= 11 is 0. The zero-order valence-electron chi connectivity index (χ0n) is 6.92. The number of halogens is 1. The maximum atomic E-state index is 13.4. The van der Waals surface area contributed by atoms with Gasteiger partial charge in [-0.15, -0.1) is 0 Å². The van der Waals surface area contributed by atoms with Crippen molar-refractivity contribution < 1.29 is 19.0 Å². The molecule has 3 nitrogen and oxygen atoms in total. The Labute approximate surface area is 74.7 Å². The summed E-state index contributed by atoms with van der Waals surface area (Å²) in [6.45, 7) is -0.00854. The van der Waals surface area contributed by atoms with Crippen molar-refractivity contribution in [1.82, 2.24) is 0 Å². The highest BCUT2D eigenvalue weighted by Gasteiger charge is 2.20. The summed E-state index contributed by atoms with van der Waals surface area (Å²) in [5, 5.41) is 8.65. The Balaban J connectivity index is 2.40.